The van der Waals surface area contributed by atoms with Crippen LogP contribution in [0, 0.1) is 11.2 Å². The number of alkyl halides is 3. The van der Waals surface area contributed by atoms with Gasteiger partial charge in [0.2, 0.25) is 12.3 Å². The number of hydrogen-bond donors (Lipinski definition) is 1. The van der Waals surface area contributed by atoms with Crippen LogP contribution in [0.1, 0.15) is 25.0 Å². The fourth-order valence-electron chi connectivity index (χ4n) is 7.20. The summed E-state index contributed by atoms with van der Waals surface area (Å²) in [6.07, 6.45) is -3.59. The number of thioether (sulfide) groups is 1. The van der Waals surface area contributed by atoms with Crippen molar-refractivity contribution in [3.05, 3.63) is 54.0 Å². The van der Waals surface area contributed by atoms with Crippen LogP contribution < -0.4 is 4.90 Å². The first kappa shape index (κ1) is 30.1. The van der Waals surface area contributed by atoms with Gasteiger partial charge < -0.3 is 24.5 Å². The Morgan fingerprint density at radius 2 is 1.91 bits per heavy atom. The first-order chi connectivity index (χ1) is 21.3. The molecule has 3 atom stereocenters. The Morgan fingerprint density at radius 3 is 2.53 bits per heavy atom. The predicted molar refractivity (Wildman–Crippen MR) is 163 cm³/mol. The van der Waals surface area contributed by atoms with Gasteiger partial charge in [-0.1, -0.05) is 6.58 Å². The molecule has 4 aliphatic rings. The Balaban J connectivity index is 1.48. The molecule has 1 N–H and O–H groups in total. The highest BCUT2D eigenvalue weighted by atomic mass is 32.2. The van der Waals surface area contributed by atoms with Crippen LogP contribution in [0.2, 0.25) is 0 Å². The van der Waals surface area contributed by atoms with Crippen molar-refractivity contribution in [2.24, 2.45) is 17.5 Å². The maximum Gasteiger partial charge on any atom is 0.417 e. The van der Waals surface area contributed by atoms with Crippen LogP contribution in [0.5, 0.6) is 0 Å². The summed E-state index contributed by atoms with van der Waals surface area (Å²) in [5, 5.41) is 15.8. The fraction of sp³-hybridized carbons (Fsp3) is 0.452. The molecule has 14 heteroatoms. The summed E-state index contributed by atoms with van der Waals surface area (Å²) in [6.45, 7) is 9.07. The lowest BCUT2D eigenvalue weighted by Crippen LogP contribution is -2.61. The van der Waals surface area contributed by atoms with E-state index < -0.39 is 29.3 Å². The van der Waals surface area contributed by atoms with Crippen LogP contribution in [-0.2, 0) is 22.8 Å². The van der Waals surface area contributed by atoms with Gasteiger partial charge in [-0.15, -0.1) is 11.8 Å². The summed E-state index contributed by atoms with van der Waals surface area (Å²) < 4.78 is 67.5. The lowest BCUT2D eigenvalue weighted by molar-refractivity contribution is -0.137. The predicted octanol–water partition coefficient (Wildman–Crippen LogP) is 4.47. The molecular weight excluding hydrogens is 612 g/mol. The van der Waals surface area contributed by atoms with Gasteiger partial charge in [-0.2, -0.15) is 18.3 Å². The molecule has 1 spiro atoms. The number of halogens is 4. The highest BCUT2D eigenvalue weighted by molar-refractivity contribution is 7.99. The molecule has 2 aromatic carbocycles. The molecule has 2 fully saturated rings. The number of aliphatic hydroxyl groups is 1. The molecule has 9 nitrogen and oxygen atoms in total. The number of nitrogens with zero attached hydrogens (tertiary/aromatic N) is 6. The average molecular weight is 645 g/mol. The second-order valence-electron chi connectivity index (χ2n) is 12.4. The van der Waals surface area contributed by atoms with E-state index in [1.165, 1.54) is 40.8 Å². The molecule has 5 heterocycles. The van der Waals surface area contributed by atoms with Crippen LogP contribution in [0.15, 0.2) is 46.9 Å². The number of aliphatic hydroxyl groups excluding tert-OH is 1. The number of rotatable bonds is 2. The number of amidine groups is 1. The van der Waals surface area contributed by atoms with Crippen LogP contribution in [-0.4, -0.2) is 93.5 Å². The van der Waals surface area contributed by atoms with Crippen LogP contribution >= 0.6 is 11.8 Å². The smallest absolute Gasteiger partial charge is 0.380 e. The zero-order valence-corrected chi connectivity index (χ0v) is 25.8. The van der Waals surface area contributed by atoms with Crippen molar-refractivity contribution in [3.63, 3.8) is 0 Å². The Hall–Kier alpha value is -3.62. The van der Waals surface area contributed by atoms with Crippen molar-refractivity contribution in [1.82, 2.24) is 19.6 Å². The van der Waals surface area contributed by atoms with Gasteiger partial charge in [0.15, 0.2) is 0 Å². The molecule has 0 aliphatic carbocycles. The molecular formula is C31H32F4N6O3S. The third-order valence-electron chi connectivity index (χ3n) is 9.21. The molecule has 45 heavy (non-hydrogen) atoms. The topological polar surface area (TPSA) is 86.4 Å². The molecule has 238 valence electrons. The van der Waals surface area contributed by atoms with Crippen LogP contribution in [0.4, 0.5) is 23.2 Å². The summed E-state index contributed by atoms with van der Waals surface area (Å²) in [7, 11) is 1.57. The van der Waals surface area contributed by atoms with Crippen molar-refractivity contribution in [1.29, 1.82) is 0 Å². The maximum atomic E-state index is 15.2. The van der Waals surface area contributed by atoms with E-state index in [0.717, 1.165) is 6.07 Å². The van der Waals surface area contributed by atoms with E-state index >= 15 is 13.2 Å². The Kier molecular flexibility index (Phi) is 6.99. The summed E-state index contributed by atoms with van der Waals surface area (Å²) in [4.78, 5) is 22.8. The summed E-state index contributed by atoms with van der Waals surface area (Å²) in [6, 6.07) is 3.07. The first-order valence-electron chi connectivity index (χ1n) is 14.7. The minimum absolute atomic E-state index is 0.0845. The summed E-state index contributed by atoms with van der Waals surface area (Å²) in [5.74, 6) is -0.114. The molecule has 7 rings (SSSR count). The van der Waals surface area contributed by atoms with E-state index in [2.05, 4.69) is 16.7 Å². The van der Waals surface area contributed by atoms with Gasteiger partial charge in [0.1, 0.15) is 11.7 Å². The average Bonchev–Trinajstić information content (AvgIpc) is 3.25. The molecule has 4 aliphatic heterocycles. The number of aliphatic imine (C=N–C) groups is 1. The van der Waals surface area contributed by atoms with Crippen molar-refractivity contribution >= 4 is 40.1 Å². The van der Waals surface area contributed by atoms with Crippen molar-refractivity contribution in [2.75, 3.05) is 43.5 Å². The number of anilines is 1. The Bertz CT molecular complexity index is 1760. The van der Waals surface area contributed by atoms with Gasteiger partial charge in [0.25, 0.3) is 0 Å². The minimum atomic E-state index is -4.79. The van der Waals surface area contributed by atoms with E-state index in [-0.39, 0.29) is 51.4 Å². The molecule has 1 aromatic heterocycles. The lowest BCUT2D eigenvalue weighted by Gasteiger charge is -2.48. The first-order valence-corrected chi connectivity index (χ1v) is 15.6. The number of aryl methyl sites for hydroxylation is 1. The maximum absolute atomic E-state index is 15.2. The van der Waals surface area contributed by atoms with E-state index in [0.29, 0.717) is 49.2 Å². The molecule has 0 bridgehead atoms. The van der Waals surface area contributed by atoms with Gasteiger partial charge in [0.05, 0.1) is 41.6 Å². The van der Waals surface area contributed by atoms with Gasteiger partial charge in [-0.25, -0.2) is 9.38 Å². The number of fused-ring (bicyclic) bond motifs is 1. The molecule has 0 saturated carbocycles. The van der Waals surface area contributed by atoms with Crippen LogP contribution in [0.25, 0.3) is 22.0 Å². The second-order valence-corrected chi connectivity index (χ2v) is 13.4. The third kappa shape index (κ3) is 4.63. The largest absolute Gasteiger partial charge is 0.417 e. The highest BCUT2D eigenvalue weighted by Gasteiger charge is 2.49. The number of carbonyl (C=O) groups is 1. The summed E-state index contributed by atoms with van der Waals surface area (Å²) >= 11 is 1.30. The lowest BCUT2D eigenvalue weighted by atomic mass is 9.86. The number of benzene rings is 2. The van der Waals surface area contributed by atoms with Gasteiger partial charge >= 0.3 is 6.18 Å². The fourth-order valence-corrected chi connectivity index (χ4v) is 8.64. The number of carbonyl (C=O) groups excluding carboxylic acids is 1. The number of hydrogen-bond acceptors (Lipinski definition) is 8. The normalized spacial score (nSPS) is 24.3. The number of ether oxygens (including phenoxy) is 1. The van der Waals surface area contributed by atoms with Crippen molar-refractivity contribution < 1.29 is 32.2 Å². The van der Waals surface area contributed by atoms with Crippen molar-refractivity contribution in [3.8, 4) is 11.1 Å². The minimum Gasteiger partial charge on any atom is -0.380 e. The van der Waals surface area contributed by atoms with Gasteiger partial charge in [-0.3, -0.25) is 9.48 Å². The number of piperazine rings is 1. The van der Waals surface area contributed by atoms with E-state index in [9.17, 15) is 14.3 Å². The number of aromatic nitrogens is 2. The van der Waals surface area contributed by atoms with Gasteiger partial charge in [-0.05, 0) is 38.1 Å². The number of amides is 1. The summed E-state index contributed by atoms with van der Waals surface area (Å²) in [5.41, 5.74) is -0.221. The molecule has 2 saturated heterocycles. The monoisotopic (exact) mass is 644 g/mol. The SMILES string of the molecule is C=CC(=O)N1[C@H](C)CN(C2=NC(O)N3CC4(COC4)CSc4c(-c5ccc(F)c6cnn(C)c56)c(C(F)(F)F)cc2c43)C[C@@H]1C. The second kappa shape index (κ2) is 10.5. The third-order valence-corrected chi connectivity index (χ3v) is 10.7. The molecule has 3 aromatic rings. The van der Waals surface area contributed by atoms with E-state index in [4.69, 9.17) is 4.74 Å². The molecule has 0 radical (unpaired) electrons. The van der Waals surface area contributed by atoms with E-state index in [1.807, 2.05) is 18.7 Å². The zero-order valence-electron chi connectivity index (χ0n) is 24.9. The van der Waals surface area contributed by atoms with Crippen molar-refractivity contribution in [2.45, 2.75) is 43.4 Å². The molecule has 1 unspecified atom stereocenters. The standard InChI is InChI=1S/C31H32F4N6O3S/c1-5-23(42)41-16(2)10-39(11-17(41)3)28-19-8-21(31(33,34)35)24(18-6-7-22(32)20-9-36-38(4)25(18)20)27-26(19)40(29(43)37-28)12-30(15-45-27)13-44-14-30/h5-9,16-17,29,43H,1,10-15H2,2-4H3/t16-,17+,29?. The quantitative estimate of drug-likeness (QED) is 0.326. The van der Waals surface area contributed by atoms with Crippen LogP contribution in [0.3, 0.4) is 0 Å². The molecule has 1 amide bonds. The van der Waals surface area contributed by atoms with Gasteiger partial charge in [0, 0.05) is 71.5 Å². The van der Waals surface area contributed by atoms with E-state index in [1.54, 1.807) is 16.8 Å². The Labute approximate surface area is 261 Å². The Morgan fingerprint density at radius 1 is 1.20 bits per heavy atom. The highest BCUT2D eigenvalue weighted by Crippen LogP contribution is 2.55. The zero-order chi connectivity index (χ0) is 32.0.